The van der Waals surface area contributed by atoms with E-state index >= 15 is 0 Å². The molecular formula is C13H12N6O3. The largest absolute Gasteiger partial charge is 0.441 e. The highest BCUT2D eigenvalue weighted by Crippen LogP contribution is 2.24. The predicted octanol–water partition coefficient (Wildman–Crippen LogP) is 1.56. The second-order valence-electron chi connectivity index (χ2n) is 4.77. The lowest BCUT2D eigenvalue weighted by molar-refractivity contribution is -0.116. The molecule has 1 N–H and O–H groups in total. The quantitative estimate of drug-likeness (QED) is 0.522. The highest BCUT2D eigenvalue weighted by atomic mass is 16.4. The fourth-order valence-corrected chi connectivity index (χ4v) is 2.26. The predicted molar refractivity (Wildman–Crippen MR) is 76.8 cm³/mol. The van der Waals surface area contributed by atoms with E-state index in [0.29, 0.717) is 24.2 Å². The SMILES string of the molecule is [N-]=[N+]=NCCc1nn(-c2ccc3c(c2)NC(=O)CC3)c(=O)o1. The van der Waals surface area contributed by atoms with Crippen LogP contribution in [0.4, 0.5) is 5.69 Å². The molecule has 0 atom stereocenters. The van der Waals surface area contributed by atoms with Crippen LogP contribution in [0.5, 0.6) is 0 Å². The zero-order chi connectivity index (χ0) is 15.5. The Bertz CT molecular complexity index is 831. The Balaban J connectivity index is 1.91. The van der Waals surface area contributed by atoms with Crippen molar-refractivity contribution < 1.29 is 9.21 Å². The van der Waals surface area contributed by atoms with Crippen LogP contribution in [0.25, 0.3) is 16.1 Å². The number of hydrogen-bond acceptors (Lipinski definition) is 5. The summed E-state index contributed by atoms with van der Waals surface area (Å²) >= 11 is 0. The van der Waals surface area contributed by atoms with Gasteiger partial charge in [0.15, 0.2) is 0 Å². The maximum Gasteiger partial charge on any atom is 0.441 e. The van der Waals surface area contributed by atoms with Gasteiger partial charge < -0.3 is 9.73 Å². The van der Waals surface area contributed by atoms with Crippen molar-refractivity contribution in [2.24, 2.45) is 5.11 Å². The minimum Gasteiger partial charge on any atom is -0.392 e. The van der Waals surface area contributed by atoms with Gasteiger partial charge in [0.2, 0.25) is 11.8 Å². The fraction of sp³-hybridized carbons (Fsp3) is 0.308. The number of carbonyl (C=O) groups excluding carboxylic acids is 1. The highest BCUT2D eigenvalue weighted by molar-refractivity contribution is 5.94. The third-order valence-electron chi connectivity index (χ3n) is 3.31. The van der Waals surface area contributed by atoms with Crippen molar-refractivity contribution in [1.82, 2.24) is 9.78 Å². The lowest BCUT2D eigenvalue weighted by atomic mass is 10.0. The second-order valence-corrected chi connectivity index (χ2v) is 4.77. The molecule has 1 aromatic carbocycles. The van der Waals surface area contributed by atoms with Crippen molar-refractivity contribution in [2.75, 3.05) is 11.9 Å². The molecule has 2 heterocycles. The zero-order valence-corrected chi connectivity index (χ0v) is 11.5. The summed E-state index contributed by atoms with van der Waals surface area (Å²) in [5, 5.41) is 10.2. The molecular weight excluding hydrogens is 288 g/mol. The third-order valence-corrected chi connectivity index (χ3v) is 3.31. The molecule has 0 aliphatic carbocycles. The van der Waals surface area contributed by atoms with Gasteiger partial charge in [0, 0.05) is 30.0 Å². The van der Waals surface area contributed by atoms with Gasteiger partial charge in [0.25, 0.3) is 0 Å². The van der Waals surface area contributed by atoms with E-state index in [1.165, 1.54) is 0 Å². The van der Waals surface area contributed by atoms with E-state index in [4.69, 9.17) is 9.95 Å². The molecule has 9 nitrogen and oxygen atoms in total. The zero-order valence-electron chi connectivity index (χ0n) is 11.5. The Hall–Kier alpha value is -3.06. The van der Waals surface area contributed by atoms with Crippen molar-refractivity contribution in [1.29, 1.82) is 0 Å². The van der Waals surface area contributed by atoms with Gasteiger partial charge in [-0.2, -0.15) is 4.68 Å². The van der Waals surface area contributed by atoms with Crippen LogP contribution in [0.3, 0.4) is 0 Å². The molecule has 0 bridgehead atoms. The Kier molecular flexibility index (Phi) is 3.63. The number of hydrogen-bond donors (Lipinski definition) is 1. The lowest BCUT2D eigenvalue weighted by Crippen LogP contribution is -2.20. The first kappa shape index (κ1) is 13.9. The molecule has 9 heteroatoms. The maximum atomic E-state index is 11.8. The first-order chi connectivity index (χ1) is 10.7. The number of amides is 1. The Morgan fingerprint density at radius 3 is 3.09 bits per heavy atom. The molecule has 1 aliphatic heterocycles. The molecule has 1 aromatic heterocycles. The summed E-state index contributed by atoms with van der Waals surface area (Å²) in [5.74, 6) is -0.482. The number of azide groups is 1. The van der Waals surface area contributed by atoms with Gasteiger partial charge in [0.1, 0.15) is 0 Å². The Morgan fingerprint density at radius 2 is 2.27 bits per heavy atom. The minimum absolute atomic E-state index is 0.0489. The van der Waals surface area contributed by atoms with Crippen LogP contribution in [0.1, 0.15) is 17.9 Å². The van der Waals surface area contributed by atoms with Crippen molar-refractivity contribution in [3.05, 3.63) is 50.6 Å². The molecule has 0 saturated carbocycles. The van der Waals surface area contributed by atoms with Gasteiger partial charge in [-0.1, -0.05) is 11.2 Å². The molecule has 0 saturated heterocycles. The average molecular weight is 300 g/mol. The molecule has 0 unspecified atom stereocenters. The number of nitrogens with zero attached hydrogens (tertiary/aromatic N) is 5. The number of anilines is 1. The first-order valence-electron chi connectivity index (χ1n) is 6.70. The number of aromatic nitrogens is 2. The number of nitrogens with one attached hydrogen (secondary N) is 1. The van der Waals surface area contributed by atoms with E-state index in [-0.39, 0.29) is 24.8 Å². The monoisotopic (exact) mass is 300 g/mol. The molecule has 3 rings (SSSR count). The lowest BCUT2D eigenvalue weighted by Gasteiger charge is -2.17. The topological polar surface area (TPSA) is 126 Å². The molecule has 1 amide bonds. The van der Waals surface area contributed by atoms with Crippen molar-refractivity contribution in [3.8, 4) is 5.69 Å². The number of rotatable bonds is 4. The van der Waals surface area contributed by atoms with E-state index in [1.807, 2.05) is 6.07 Å². The van der Waals surface area contributed by atoms with Crippen LogP contribution in [0.2, 0.25) is 0 Å². The maximum absolute atomic E-state index is 11.8. The third kappa shape index (κ3) is 2.70. The van der Waals surface area contributed by atoms with Crippen molar-refractivity contribution >= 4 is 11.6 Å². The summed E-state index contributed by atoms with van der Waals surface area (Å²) in [6.45, 7) is 0.163. The van der Waals surface area contributed by atoms with E-state index in [0.717, 1.165) is 10.2 Å². The van der Waals surface area contributed by atoms with E-state index in [9.17, 15) is 9.59 Å². The van der Waals surface area contributed by atoms with Crippen LogP contribution in [0, 0.1) is 0 Å². The second kappa shape index (κ2) is 5.74. The van der Waals surface area contributed by atoms with Gasteiger partial charge in [0.05, 0.1) is 5.69 Å². The van der Waals surface area contributed by atoms with Crippen LogP contribution in [-0.2, 0) is 17.6 Å². The molecule has 112 valence electrons. The van der Waals surface area contributed by atoms with Crippen LogP contribution in [-0.4, -0.2) is 22.2 Å². The van der Waals surface area contributed by atoms with Crippen LogP contribution >= 0.6 is 0 Å². The smallest absolute Gasteiger partial charge is 0.392 e. The standard InChI is InChI=1S/C13H12N6O3/c14-18-15-6-5-12-17-19(13(21)22-12)9-3-1-8-2-4-11(20)16-10(8)7-9/h1,3,7H,2,4-6H2,(H,16,20). The van der Waals surface area contributed by atoms with Gasteiger partial charge in [-0.25, -0.2) is 4.79 Å². The molecule has 0 spiro atoms. The van der Waals surface area contributed by atoms with Crippen molar-refractivity contribution in [3.63, 3.8) is 0 Å². The normalized spacial score (nSPS) is 13.2. The van der Waals surface area contributed by atoms with Gasteiger partial charge in [-0.05, 0) is 29.6 Å². The summed E-state index contributed by atoms with van der Waals surface area (Å²) in [6, 6.07) is 5.29. The number of benzene rings is 1. The minimum atomic E-state index is -0.627. The van der Waals surface area contributed by atoms with Gasteiger partial charge >= 0.3 is 5.76 Å². The molecule has 22 heavy (non-hydrogen) atoms. The summed E-state index contributed by atoms with van der Waals surface area (Å²) in [7, 11) is 0. The molecule has 2 aromatic rings. The molecule has 1 aliphatic rings. The summed E-state index contributed by atoms with van der Waals surface area (Å²) in [6.07, 6.45) is 1.38. The van der Waals surface area contributed by atoms with Crippen molar-refractivity contribution in [2.45, 2.75) is 19.3 Å². The fourth-order valence-electron chi connectivity index (χ4n) is 2.26. The van der Waals surface area contributed by atoms with E-state index in [1.54, 1.807) is 12.1 Å². The van der Waals surface area contributed by atoms with Gasteiger partial charge in [-0.15, -0.1) is 5.10 Å². The highest BCUT2D eigenvalue weighted by Gasteiger charge is 2.17. The number of fused-ring (bicyclic) bond motifs is 1. The summed E-state index contributed by atoms with van der Waals surface area (Å²) < 4.78 is 6.12. The van der Waals surface area contributed by atoms with E-state index in [2.05, 4.69) is 20.4 Å². The Morgan fingerprint density at radius 1 is 1.41 bits per heavy atom. The number of carbonyl (C=O) groups is 1. The average Bonchev–Trinajstić information content (AvgIpc) is 2.87. The first-order valence-corrected chi connectivity index (χ1v) is 6.70. The summed E-state index contributed by atoms with van der Waals surface area (Å²) in [5.41, 5.74) is 10.4. The van der Waals surface area contributed by atoms with Crippen LogP contribution < -0.4 is 11.1 Å². The molecule has 0 fully saturated rings. The van der Waals surface area contributed by atoms with E-state index < -0.39 is 5.76 Å². The Labute approximate surface area is 124 Å². The van der Waals surface area contributed by atoms with Crippen LogP contribution in [0.15, 0.2) is 32.5 Å². The van der Waals surface area contributed by atoms with Gasteiger partial charge in [-0.3, -0.25) is 4.79 Å². The molecule has 0 radical (unpaired) electrons. The number of aryl methyl sites for hydroxylation is 1. The summed E-state index contributed by atoms with van der Waals surface area (Å²) in [4.78, 5) is 25.9.